The molecule has 11 aromatic rings. The van der Waals surface area contributed by atoms with Gasteiger partial charge in [0.15, 0.2) is 0 Å². The summed E-state index contributed by atoms with van der Waals surface area (Å²) in [5, 5.41) is 11.2. The van der Waals surface area contributed by atoms with Crippen LogP contribution in [0.1, 0.15) is 53.6 Å². The number of nitrogen functional groups attached to an aromatic ring is 1. The SMILES string of the molecule is CC/C=C(/N=C(/C=C(\C)c1cccc(-c2ccc3c(c2)oc2cc4c(cc23)oc2cc(-c3cccc(/C=C/Cc5ccccc5)c3)ccc24)c1)c1ccccc1)c1ccccc1.N=C(N)c1ccccc1. The van der Waals surface area contributed by atoms with Crippen molar-refractivity contribution in [3.05, 3.63) is 270 Å². The lowest BCUT2D eigenvalue weighted by atomic mass is 9.97. The van der Waals surface area contributed by atoms with Gasteiger partial charge in [-0.25, -0.2) is 4.99 Å². The monoisotopic (exact) mass is 919 g/mol. The smallest absolute Gasteiger partial charge is 0.136 e. The van der Waals surface area contributed by atoms with Crippen LogP contribution in [0.2, 0.25) is 0 Å². The molecule has 0 spiro atoms. The summed E-state index contributed by atoms with van der Waals surface area (Å²) < 4.78 is 13.2. The summed E-state index contributed by atoms with van der Waals surface area (Å²) in [6.07, 6.45) is 10.6. The third-order valence-electron chi connectivity index (χ3n) is 12.7. The number of furan rings is 2. The number of fused-ring (bicyclic) bond motifs is 6. The Morgan fingerprint density at radius 1 is 0.493 bits per heavy atom. The standard InChI is InChI=1S/C59H45NO2.C7H8N2/c1-3-16-54(43-22-9-5-10-23-43)60-55(44-24-11-6-12-25-44)33-40(2)45-26-15-28-47(35-45)49-30-32-51-53-39-58-52(38-59(53)62-57(51)37-49)50-31-29-48(36-56(50)61-58)46-27-14-21-42(34-46)20-13-19-41-17-7-4-8-18-41;8-7(9)6-4-2-1-3-5-6/h4-18,20-39H,3,19H2,1-2H3;1-5H,(H3,8,9)/b20-13+,40-33+,54-16+,60-55-;. The van der Waals surface area contributed by atoms with Crippen LogP contribution in [0.15, 0.2) is 250 Å². The number of hydrogen-bond donors (Lipinski definition) is 2. The maximum Gasteiger partial charge on any atom is 0.136 e. The minimum absolute atomic E-state index is 0.121. The Balaban J connectivity index is 0.000000584. The molecule has 0 saturated heterocycles. The first-order valence-electron chi connectivity index (χ1n) is 24.1. The first kappa shape index (κ1) is 45.7. The van der Waals surface area contributed by atoms with Crippen molar-refractivity contribution in [3.63, 3.8) is 0 Å². The molecule has 0 aliphatic heterocycles. The summed E-state index contributed by atoms with van der Waals surface area (Å²) in [5.41, 5.74) is 22.7. The molecule has 0 fully saturated rings. The number of rotatable bonds is 12. The fourth-order valence-electron chi connectivity index (χ4n) is 8.97. The summed E-state index contributed by atoms with van der Waals surface area (Å²) in [6, 6.07) is 75.3. The van der Waals surface area contributed by atoms with Crippen LogP contribution in [0.4, 0.5) is 0 Å². The van der Waals surface area contributed by atoms with Crippen molar-refractivity contribution in [1.82, 2.24) is 0 Å². The van der Waals surface area contributed by atoms with E-state index in [0.29, 0.717) is 0 Å². The van der Waals surface area contributed by atoms with Crippen LogP contribution in [-0.4, -0.2) is 11.5 Å². The highest BCUT2D eigenvalue weighted by molar-refractivity contribution is 6.16. The van der Waals surface area contributed by atoms with Gasteiger partial charge in [0, 0.05) is 32.7 Å². The fraction of sp³-hybridized carbons (Fsp3) is 0.0606. The molecule has 71 heavy (non-hydrogen) atoms. The van der Waals surface area contributed by atoms with Crippen LogP contribution in [0.3, 0.4) is 0 Å². The Labute approximate surface area is 414 Å². The molecule has 9 aromatic carbocycles. The highest BCUT2D eigenvalue weighted by Crippen LogP contribution is 2.39. The Bertz CT molecular complexity index is 3780. The van der Waals surface area contributed by atoms with Crippen molar-refractivity contribution < 1.29 is 8.83 Å². The Morgan fingerprint density at radius 3 is 1.55 bits per heavy atom. The van der Waals surface area contributed by atoms with E-state index in [1.54, 1.807) is 0 Å². The van der Waals surface area contributed by atoms with Gasteiger partial charge in [-0.3, -0.25) is 5.41 Å². The van der Waals surface area contributed by atoms with E-state index in [4.69, 9.17) is 25.0 Å². The first-order valence-corrected chi connectivity index (χ1v) is 24.1. The van der Waals surface area contributed by atoms with E-state index in [0.717, 1.165) is 118 Å². The van der Waals surface area contributed by atoms with Gasteiger partial charge in [-0.15, -0.1) is 0 Å². The summed E-state index contributed by atoms with van der Waals surface area (Å²) in [4.78, 5) is 5.26. The van der Waals surface area contributed by atoms with Crippen LogP contribution in [0.25, 0.3) is 83.5 Å². The average molecular weight is 920 g/mol. The third-order valence-corrected chi connectivity index (χ3v) is 12.7. The highest BCUT2D eigenvalue weighted by Gasteiger charge is 2.16. The molecule has 0 amide bonds. The fourth-order valence-corrected chi connectivity index (χ4v) is 8.97. The largest absolute Gasteiger partial charge is 0.456 e. The van der Waals surface area contributed by atoms with Gasteiger partial charge in [0.2, 0.25) is 0 Å². The van der Waals surface area contributed by atoms with Crippen molar-refractivity contribution in [3.8, 4) is 22.3 Å². The van der Waals surface area contributed by atoms with Gasteiger partial charge in [-0.05, 0) is 124 Å². The molecule has 2 aromatic heterocycles. The number of aliphatic imine (C=N–C) groups is 1. The number of allylic oxidation sites excluding steroid dienone is 4. The molecule has 0 bridgehead atoms. The molecule has 0 aliphatic carbocycles. The van der Waals surface area contributed by atoms with E-state index in [-0.39, 0.29) is 5.84 Å². The Morgan fingerprint density at radius 2 is 0.986 bits per heavy atom. The maximum atomic E-state index is 7.01. The zero-order valence-corrected chi connectivity index (χ0v) is 39.8. The van der Waals surface area contributed by atoms with E-state index in [2.05, 4.69) is 214 Å². The summed E-state index contributed by atoms with van der Waals surface area (Å²) in [5.74, 6) is 0.121. The summed E-state index contributed by atoms with van der Waals surface area (Å²) in [6.45, 7) is 4.31. The van der Waals surface area contributed by atoms with Gasteiger partial charge in [0.25, 0.3) is 0 Å². The molecule has 2 heterocycles. The van der Waals surface area contributed by atoms with E-state index >= 15 is 0 Å². The Hall–Kier alpha value is -9.06. The van der Waals surface area contributed by atoms with Crippen LogP contribution >= 0.6 is 0 Å². The van der Waals surface area contributed by atoms with Crippen molar-refractivity contribution in [2.24, 2.45) is 10.7 Å². The minimum Gasteiger partial charge on any atom is -0.456 e. The van der Waals surface area contributed by atoms with Gasteiger partial charge in [0.1, 0.15) is 28.2 Å². The molecular formula is C66H53N3O2. The third kappa shape index (κ3) is 10.5. The highest BCUT2D eigenvalue weighted by atomic mass is 16.3. The van der Waals surface area contributed by atoms with Crippen LogP contribution in [0.5, 0.6) is 0 Å². The van der Waals surface area contributed by atoms with Gasteiger partial charge in [-0.1, -0.05) is 195 Å². The number of amidine groups is 1. The van der Waals surface area contributed by atoms with Crippen molar-refractivity contribution in [2.75, 3.05) is 0 Å². The zero-order chi connectivity index (χ0) is 48.5. The number of benzene rings is 9. The van der Waals surface area contributed by atoms with E-state index in [1.807, 2.05) is 42.5 Å². The molecule has 0 unspecified atom stereocenters. The topological polar surface area (TPSA) is 88.5 Å². The van der Waals surface area contributed by atoms with Crippen molar-refractivity contribution >= 4 is 72.8 Å². The van der Waals surface area contributed by atoms with Crippen molar-refractivity contribution in [1.29, 1.82) is 5.41 Å². The zero-order valence-electron chi connectivity index (χ0n) is 39.8. The van der Waals surface area contributed by atoms with E-state index < -0.39 is 0 Å². The van der Waals surface area contributed by atoms with Gasteiger partial charge in [0.05, 0.1) is 11.4 Å². The maximum absolute atomic E-state index is 7.01. The predicted molar refractivity (Wildman–Crippen MR) is 300 cm³/mol. The summed E-state index contributed by atoms with van der Waals surface area (Å²) >= 11 is 0. The van der Waals surface area contributed by atoms with Gasteiger partial charge >= 0.3 is 0 Å². The molecule has 0 atom stereocenters. The number of nitrogens with zero attached hydrogens (tertiary/aromatic N) is 1. The van der Waals surface area contributed by atoms with Gasteiger partial charge < -0.3 is 14.6 Å². The molecule has 0 aliphatic rings. The quantitative estimate of drug-likeness (QED) is 0.0945. The number of hydrogen-bond acceptors (Lipinski definition) is 4. The second-order valence-electron chi connectivity index (χ2n) is 17.6. The minimum atomic E-state index is 0.121. The predicted octanol–water partition coefficient (Wildman–Crippen LogP) is 17.4. The first-order chi connectivity index (χ1) is 34.9. The molecule has 0 radical (unpaired) electrons. The molecule has 344 valence electrons. The van der Waals surface area contributed by atoms with E-state index in [1.165, 1.54) is 11.1 Å². The second kappa shape index (κ2) is 21.1. The van der Waals surface area contributed by atoms with Crippen LogP contribution in [-0.2, 0) is 6.42 Å². The van der Waals surface area contributed by atoms with E-state index in [9.17, 15) is 0 Å². The second-order valence-corrected chi connectivity index (χ2v) is 17.6. The molecule has 3 N–H and O–H groups in total. The molecule has 5 heteroatoms. The number of nitrogens with two attached hydrogens (primary N) is 1. The molecular weight excluding hydrogens is 867 g/mol. The van der Waals surface area contributed by atoms with Crippen LogP contribution in [0, 0.1) is 5.41 Å². The average Bonchev–Trinajstić information content (AvgIpc) is 3.97. The lowest BCUT2D eigenvalue weighted by Crippen LogP contribution is -2.10. The van der Waals surface area contributed by atoms with Gasteiger partial charge in [-0.2, -0.15) is 0 Å². The Kier molecular flexibility index (Phi) is 13.6. The molecule has 11 rings (SSSR count). The van der Waals surface area contributed by atoms with Crippen molar-refractivity contribution in [2.45, 2.75) is 26.7 Å². The van der Waals surface area contributed by atoms with Crippen LogP contribution < -0.4 is 5.73 Å². The lowest BCUT2D eigenvalue weighted by molar-refractivity contribution is 0.664. The molecule has 5 nitrogen and oxygen atoms in total. The molecule has 0 saturated carbocycles. The normalized spacial score (nSPS) is 12.2. The lowest BCUT2D eigenvalue weighted by Gasteiger charge is -2.10. The summed E-state index contributed by atoms with van der Waals surface area (Å²) in [7, 11) is 0. The number of nitrogens with one attached hydrogen (secondary N) is 1.